The average molecular weight is 452 g/mol. The van der Waals surface area contributed by atoms with Crippen LogP contribution < -0.4 is 4.90 Å². The molecular formula is C34H29N. The molecule has 0 saturated carbocycles. The van der Waals surface area contributed by atoms with Crippen LogP contribution in [0, 0.1) is 0 Å². The summed E-state index contributed by atoms with van der Waals surface area (Å²) in [4.78, 5) is 2.44. The molecule has 1 aliphatic heterocycles. The molecule has 1 unspecified atom stereocenters. The van der Waals surface area contributed by atoms with Gasteiger partial charge in [-0.3, -0.25) is 0 Å². The number of hydrogen-bond donors (Lipinski definition) is 0. The zero-order valence-corrected chi connectivity index (χ0v) is 20.3. The molecule has 170 valence electrons. The Kier molecular flexibility index (Phi) is 5.26. The van der Waals surface area contributed by atoms with Crippen molar-refractivity contribution in [3.63, 3.8) is 0 Å². The molecule has 0 spiro atoms. The van der Waals surface area contributed by atoms with Crippen LogP contribution in [0.1, 0.15) is 31.4 Å². The lowest BCUT2D eigenvalue weighted by Gasteiger charge is -2.43. The number of anilines is 3. The summed E-state index contributed by atoms with van der Waals surface area (Å²) in [5, 5.41) is 0. The zero-order valence-electron chi connectivity index (χ0n) is 20.3. The van der Waals surface area contributed by atoms with Crippen LogP contribution in [-0.4, -0.2) is 0 Å². The van der Waals surface area contributed by atoms with E-state index in [2.05, 4.69) is 146 Å². The maximum absolute atomic E-state index is 2.44. The van der Waals surface area contributed by atoms with Crippen molar-refractivity contribution in [2.45, 2.75) is 25.7 Å². The van der Waals surface area contributed by atoms with Crippen LogP contribution in [0.2, 0.25) is 0 Å². The van der Waals surface area contributed by atoms with Crippen molar-refractivity contribution in [1.82, 2.24) is 0 Å². The topological polar surface area (TPSA) is 3.24 Å². The Hall–Kier alpha value is -4.10. The summed E-state index contributed by atoms with van der Waals surface area (Å²) in [6, 6.07) is 46.2. The number of rotatable bonds is 4. The highest BCUT2D eigenvalue weighted by Gasteiger charge is 2.39. The minimum Gasteiger partial charge on any atom is -0.310 e. The Morgan fingerprint density at radius 2 is 1.03 bits per heavy atom. The maximum atomic E-state index is 2.44. The molecule has 1 nitrogen and oxygen atoms in total. The van der Waals surface area contributed by atoms with Crippen molar-refractivity contribution in [1.29, 1.82) is 0 Å². The third-order valence-electron chi connectivity index (χ3n) is 7.62. The molecule has 0 fully saturated rings. The summed E-state index contributed by atoms with van der Waals surface area (Å²) in [5.74, 6) is 0. The first-order valence-electron chi connectivity index (χ1n) is 12.4. The minimum atomic E-state index is -0.0583. The quantitative estimate of drug-likeness (QED) is 0.263. The summed E-state index contributed by atoms with van der Waals surface area (Å²) in [7, 11) is 0. The highest BCUT2D eigenvalue weighted by Crippen LogP contribution is 2.54. The molecule has 0 aromatic heterocycles. The SMILES string of the molecule is CCC1(C)c2ccccc2N(c2ccc(-c3ccccc3)cc2)c2ccc(-c3ccccc3)cc21. The first-order chi connectivity index (χ1) is 17.2. The van der Waals surface area contributed by atoms with Gasteiger partial charge in [-0.2, -0.15) is 0 Å². The summed E-state index contributed by atoms with van der Waals surface area (Å²) in [6.45, 7) is 4.70. The smallest absolute Gasteiger partial charge is 0.0503 e. The maximum Gasteiger partial charge on any atom is 0.0503 e. The molecule has 0 amide bonds. The molecule has 1 heterocycles. The fourth-order valence-electron chi connectivity index (χ4n) is 5.49. The second kappa shape index (κ2) is 8.60. The molecule has 35 heavy (non-hydrogen) atoms. The second-order valence-electron chi connectivity index (χ2n) is 9.55. The largest absolute Gasteiger partial charge is 0.310 e. The molecule has 5 aromatic rings. The lowest BCUT2D eigenvalue weighted by molar-refractivity contribution is 0.544. The van der Waals surface area contributed by atoms with E-state index in [1.54, 1.807) is 0 Å². The van der Waals surface area contributed by atoms with Gasteiger partial charge in [0.05, 0.1) is 11.4 Å². The van der Waals surface area contributed by atoms with E-state index < -0.39 is 0 Å². The Morgan fingerprint density at radius 3 is 1.69 bits per heavy atom. The van der Waals surface area contributed by atoms with Crippen LogP contribution in [0.3, 0.4) is 0 Å². The first-order valence-corrected chi connectivity index (χ1v) is 12.4. The van der Waals surface area contributed by atoms with Crippen LogP contribution in [0.25, 0.3) is 22.3 Å². The van der Waals surface area contributed by atoms with Gasteiger partial charge in [0.2, 0.25) is 0 Å². The fourth-order valence-corrected chi connectivity index (χ4v) is 5.49. The predicted molar refractivity (Wildman–Crippen MR) is 149 cm³/mol. The molecule has 1 heteroatoms. The molecule has 0 saturated heterocycles. The molecule has 1 aliphatic rings. The molecule has 0 N–H and O–H groups in total. The monoisotopic (exact) mass is 451 g/mol. The summed E-state index contributed by atoms with van der Waals surface area (Å²) in [5.41, 5.74) is 11.4. The number of nitrogens with zero attached hydrogens (tertiary/aromatic N) is 1. The molecular weight excluding hydrogens is 422 g/mol. The van der Waals surface area contributed by atoms with Gasteiger partial charge < -0.3 is 4.90 Å². The van der Waals surface area contributed by atoms with E-state index in [-0.39, 0.29) is 5.41 Å². The van der Waals surface area contributed by atoms with Gasteiger partial charge in [0, 0.05) is 11.1 Å². The Morgan fingerprint density at radius 1 is 0.514 bits per heavy atom. The van der Waals surface area contributed by atoms with E-state index in [9.17, 15) is 0 Å². The predicted octanol–water partition coefficient (Wildman–Crippen LogP) is 9.52. The van der Waals surface area contributed by atoms with E-state index in [0.717, 1.165) is 6.42 Å². The van der Waals surface area contributed by atoms with Crippen LogP contribution >= 0.6 is 0 Å². The second-order valence-corrected chi connectivity index (χ2v) is 9.55. The Balaban J connectivity index is 1.53. The molecule has 0 bridgehead atoms. The zero-order chi connectivity index (χ0) is 23.8. The van der Waals surface area contributed by atoms with Crippen molar-refractivity contribution in [3.05, 3.63) is 139 Å². The lowest BCUT2D eigenvalue weighted by Crippen LogP contribution is -2.32. The molecule has 5 aromatic carbocycles. The van der Waals surface area contributed by atoms with Crippen molar-refractivity contribution >= 4 is 17.1 Å². The van der Waals surface area contributed by atoms with Crippen molar-refractivity contribution in [2.24, 2.45) is 0 Å². The van der Waals surface area contributed by atoms with Crippen LogP contribution in [0.5, 0.6) is 0 Å². The van der Waals surface area contributed by atoms with Gasteiger partial charge in [0.15, 0.2) is 0 Å². The van der Waals surface area contributed by atoms with E-state index >= 15 is 0 Å². The van der Waals surface area contributed by atoms with E-state index in [0.29, 0.717) is 0 Å². The van der Waals surface area contributed by atoms with E-state index in [1.807, 2.05) is 0 Å². The van der Waals surface area contributed by atoms with Gasteiger partial charge in [-0.05, 0) is 70.1 Å². The highest BCUT2D eigenvalue weighted by molar-refractivity contribution is 5.88. The number of fused-ring (bicyclic) bond motifs is 2. The molecule has 0 aliphatic carbocycles. The Bertz CT molecular complexity index is 1470. The summed E-state index contributed by atoms with van der Waals surface area (Å²) in [6.07, 6.45) is 1.04. The van der Waals surface area contributed by atoms with Crippen LogP contribution in [0.4, 0.5) is 17.1 Å². The van der Waals surface area contributed by atoms with Crippen molar-refractivity contribution in [3.8, 4) is 22.3 Å². The van der Waals surface area contributed by atoms with Gasteiger partial charge in [0.1, 0.15) is 0 Å². The van der Waals surface area contributed by atoms with Gasteiger partial charge in [-0.1, -0.05) is 111 Å². The summed E-state index contributed by atoms with van der Waals surface area (Å²) < 4.78 is 0. The van der Waals surface area contributed by atoms with Gasteiger partial charge in [0.25, 0.3) is 0 Å². The van der Waals surface area contributed by atoms with Crippen LogP contribution in [0.15, 0.2) is 127 Å². The number of hydrogen-bond acceptors (Lipinski definition) is 1. The molecule has 0 radical (unpaired) electrons. The van der Waals surface area contributed by atoms with Gasteiger partial charge in [-0.15, -0.1) is 0 Å². The van der Waals surface area contributed by atoms with E-state index in [1.165, 1.54) is 50.4 Å². The fraction of sp³-hybridized carbons (Fsp3) is 0.118. The average Bonchev–Trinajstić information content (AvgIpc) is 2.94. The number of benzene rings is 5. The minimum absolute atomic E-state index is 0.0583. The third kappa shape index (κ3) is 3.56. The first kappa shape index (κ1) is 21.4. The van der Waals surface area contributed by atoms with Gasteiger partial charge in [-0.25, -0.2) is 0 Å². The highest BCUT2D eigenvalue weighted by atomic mass is 15.2. The molecule has 6 rings (SSSR count). The van der Waals surface area contributed by atoms with E-state index in [4.69, 9.17) is 0 Å². The van der Waals surface area contributed by atoms with Crippen molar-refractivity contribution in [2.75, 3.05) is 4.90 Å². The van der Waals surface area contributed by atoms with Crippen molar-refractivity contribution < 1.29 is 0 Å². The summed E-state index contributed by atoms with van der Waals surface area (Å²) >= 11 is 0. The Labute approximate surface area is 208 Å². The molecule has 1 atom stereocenters. The third-order valence-corrected chi connectivity index (χ3v) is 7.62. The van der Waals surface area contributed by atoms with Crippen LogP contribution in [-0.2, 0) is 5.41 Å². The van der Waals surface area contributed by atoms with Gasteiger partial charge >= 0.3 is 0 Å². The normalized spacial score (nSPS) is 16.5. The number of para-hydroxylation sites is 1. The lowest BCUT2D eigenvalue weighted by atomic mass is 9.69. The standard InChI is InChI=1S/C34H29N/c1-3-34(2)30-16-10-11-17-32(30)35(29-21-18-27(19-22-29)25-12-6-4-7-13-25)33-23-20-28(24-31(33)34)26-14-8-5-9-15-26/h4-24H,3H2,1-2H3.